The third-order valence-corrected chi connectivity index (χ3v) is 3.35. The highest BCUT2D eigenvalue weighted by atomic mass is 16.4. The number of pyridine rings is 1. The summed E-state index contributed by atoms with van der Waals surface area (Å²) in [5.74, 6) is -0.461. The van der Waals surface area contributed by atoms with Crippen molar-refractivity contribution in [2.24, 2.45) is 5.92 Å². The van der Waals surface area contributed by atoms with E-state index in [0.29, 0.717) is 18.9 Å². The molecule has 0 spiro atoms. The SMILES string of the molecule is Cc1nc2ccccn2c1CNC(CC(C)C)C(=O)O. The lowest BCUT2D eigenvalue weighted by Gasteiger charge is -2.16. The van der Waals surface area contributed by atoms with Gasteiger partial charge in [-0.25, -0.2) is 4.98 Å². The van der Waals surface area contributed by atoms with E-state index in [-0.39, 0.29) is 0 Å². The maximum Gasteiger partial charge on any atom is 0.320 e. The largest absolute Gasteiger partial charge is 0.480 e. The zero-order chi connectivity index (χ0) is 14.7. The number of hydrogen-bond acceptors (Lipinski definition) is 3. The molecule has 0 aliphatic carbocycles. The molecule has 0 aliphatic rings. The van der Waals surface area contributed by atoms with E-state index in [9.17, 15) is 9.90 Å². The third kappa shape index (κ3) is 3.17. The molecule has 2 rings (SSSR count). The van der Waals surface area contributed by atoms with Crippen molar-refractivity contribution in [1.29, 1.82) is 0 Å². The van der Waals surface area contributed by atoms with Crippen LogP contribution < -0.4 is 5.32 Å². The predicted octanol–water partition coefficient (Wildman–Crippen LogP) is 2.23. The van der Waals surface area contributed by atoms with Crippen LogP contribution in [0.1, 0.15) is 31.7 Å². The van der Waals surface area contributed by atoms with Gasteiger partial charge in [-0.3, -0.25) is 10.1 Å². The quantitative estimate of drug-likeness (QED) is 0.848. The Morgan fingerprint density at radius 3 is 2.85 bits per heavy atom. The Bertz CT molecular complexity index is 604. The molecule has 0 amide bonds. The van der Waals surface area contributed by atoms with Crippen LogP contribution in [0.3, 0.4) is 0 Å². The Hall–Kier alpha value is -1.88. The van der Waals surface area contributed by atoms with E-state index < -0.39 is 12.0 Å². The summed E-state index contributed by atoms with van der Waals surface area (Å²) >= 11 is 0. The van der Waals surface area contributed by atoms with Crippen molar-refractivity contribution in [3.05, 3.63) is 35.8 Å². The highest BCUT2D eigenvalue weighted by Gasteiger charge is 2.19. The van der Waals surface area contributed by atoms with Crippen LogP contribution >= 0.6 is 0 Å². The molecule has 2 aromatic heterocycles. The molecule has 2 aromatic rings. The molecule has 0 saturated heterocycles. The normalized spacial score (nSPS) is 13.0. The molecule has 20 heavy (non-hydrogen) atoms. The second-order valence-corrected chi connectivity index (χ2v) is 5.47. The minimum absolute atomic E-state index is 0.340. The smallest absolute Gasteiger partial charge is 0.320 e. The van der Waals surface area contributed by atoms with Crippen molar-refractivity contribution >= 4 is 11.6 Å². The van der Waals surface area contributed by atoms with Gasteiger partial charge in [-0.05, 0) is 31.4 Å². The van der Waals surface area contributed by atoms with E-state index in [0.717, 1.165) is 17.0 Å². The monoisotopic (exact) mass is 275 g/mol. The van der Waals surface area contributed by atoms with E-state index in [4.69, 9.17) is 0 Å². The zero-order valence-corrected chi connectivity index (χ0v) is 12.1. The molecule has 0 bridgehead atoms. The third-order valence-electron chi connectivity index (χ3n) is 3.35. The molecule has 0 aromatic carbocycles. The van der Waals surface area contributed by atoms with Crippen molar-refractivity contribution in [1.82, 2.24) is 14.7 Å². The summed E-state index contributed by atoms with van der Waals surface area (Å²) in [5, 5.41) is 12.4. The Morgan fingerprint density at radius 1 is 1.45 bits per heavy atom. The van der Waals surface area contributed by atoms with Gasteiger partial charge in [0.25, 0.3) is 0 Å². The number of aryl methyl sites for hydroxylation is 1. The number of carbonyl (C=O) groups is 1. The second kappa shape index (κ2) is 6.05. The summed E-state index contributed by atoms with van der Waals surface area (Å²) in [4.78, 5) is 15.7. The Labute approximate surface area is 118 Å². The van der Waals surface area contributed by atoms with Crippen molar-refractivity contribution in [3.8, 4) is 0 Å². The van der Waals surface area contributed by atoms with Crippen molar-refractivity contribution < 1.29 is 9.90 Å². The van der Waals surface area contributed by atoms with Gasteiger partial charge in [0.15, 0.2) is 0 Å². The molecule has 0 fully saturated rings. The Morgan fingerprint density at radius 2 is 2.20 bits per heavy atom. The van der Waals surface area contributed by atoms with Gasteiger partial charge < -0.3 is 9.51 Å². The number of aromatic nitrogens is 2. The maximum atomic E-state index is 11.3. The molecule has 5 heteroatoms. The fourth-order valence-corrected chi connectivity index (χ4v) is 2.34. The topological polar surface area (TPSA) is 66.6 Å². The van der Waals surface area contributed by atoms with E-state index >= 15 is 0 Å². The number of hydrogen-bond donors (Lipinski definition) is 2. The molecule has 2 heterocycles. The molecule has 2 N–H and O–H groups in total. The lowest BCUT2D eigenvalue weighted by molar-refractivity contribution is -0.140. The first-order chi connectivity index (χ1) is 9.49. The fourth-order valence-electron chi connectivity index (χ4n) is 2.34. The average molecular weight is 275 g/mol. The van der Waals surface area contributed by atoms with Gasteiger partial charge in [0.05, 0.1) is 11.4 Å². The molecule has 0 saturated carbocycles. The number of fused-ring (bicyclic) bond motifs is 1. The average Bonchev–Trinajstić information content (AvgIpc) is 2.69. The Balaban J connectivity index is 2.15. The minimum atomic E-state index is -0.801. The summed E-state index contributed by atoms with van der Waals surface area (Å²) in [6, 6.07) is 5.31. The number of nitrogens with zero attached hydrogens (tertiary/aromatic N) is 2. The summed E-state index contributed by atoms with van der Waals surface area (Å²) in [6.07, 6.45) is 2.57. The molecule has 108 valence electrons. The van der Waals surface area contributed by atoms with Crippen LogP contribution in [0.2, 0.25) is 0 Å². The standard InChI is InChI=1S/C15H21N3O2/c1-10(2)8-12(15(19)20)16-9-13-11(3)17-14-6-4-5-7-18(13)14/h4-7,10,12,16H,8-9H2,1-3H3,(H,19,20). The Kier molecular flexibility index (Phi) is 4.39. The molecular weight excluding hydrogens is 254 g/mol. The molecular formula is C15H21N3O2. The lowest BCUT2D eigenvalue weighted by Crippen LogP contribution is -2.37. The van der Waals surface area contributed by atoms with Crippen molar-refractivity contribution in [2.75, 3.05) is 0 Å². The van der Waals surface area contributed by atoms with E-state index in [1.165, 1.54) is 0 Å². The summed E-state index contributed by atoms with van der Waals surface area (Å²) in [6.45, 7) is 6.50. The van der Waals surface area contributed by atoms with Gasteiger partial charge in [0, 0.05) is 12.7 Å². The van der Waals surface area contributed by atoms with Gasteiger partial charge in [-0.1, -0.05) is 19.9 Å². The second-order valence-electron chi connectivity index (χ2n) is 5.47. The minimum Gasteiger partial charge on any atom is -0.480 e. The van der Waals surface area contributed by atoms with Crippen LogP contribution in [0, 0.1) is 12.8 Å². The summed E-state index contributed by atoms with van der Waals surface area (Å²) in [5.41, 5.74) is 2.82. The van der Waals surface area contributed by atoms with E-state index in [1.54, 1.807) is 0 Å². The first-order valence-corrected chi connectivity index (χ1v) is 6.87. The number of carboxylic acid groups (broad SMARTS) is 1. The molecule has 5 nitrogen and oxygen atoms in total. The maximum absolute atomic E-state index is 11.3. The van der Waals surface area contributed by atoms with Crippen LogP contribution in [-0.4, -0.2) is 26.5 Å². The van der Waals surface area contributed by atoms with E-state index in [1.807, 2.05) is 49.6 Å². The first kappa shape index (κ1) is 14.5. The van der Waals surface area contributed by atoms with Crippen molar-refractivity contribution in [3.63, 3.8) is 0 Å². The van der Waals surface area contributed by atoms with Gasteiger partial charge in [-0.2, -0.15) is 0 Å². The molecule has 0 aliphatic heterocycles. The van der Waals surface area contributed by atoms with Crippen LogP contribution in [0.5, 0.6) is 0 Å². The van der Waals surface area contributed by atoms with Crippen LogP contribution in [-0.2, 0) is 11.3 Å². The van der Waals surface area contributed by atoms with Gasteiger partial charge in [0.2, 0.25) is 0 Å². The predicted molar refractivity (Wildman–Crippen MR) is 77.6 cm³/mol. The summed E-state index contributed by atoms with van der Waals surface area (Å²) < 4.78 is 2.00. The van der Waals surface area contributed by atoms with Crippen molar-refractivity contribution in [2.45, 2.75) is 39.8 Å². The first-order valence-electron chi connectivity index (χ1n) is 6.87. The van der Waals surface area contributed by atoms with Crippen LogP contribution in [0.4, 0.5) is 0 Å². The van der Waals surface area contributed by atoms with Crippen LogP contribution in [0.15, 0.2) is 24.4 Å². The number of imidazole rings is 1. The molecule has 1 atom stereocenters. The highest BCUT2D eigenvalue weighted by Crippen LogP contribution is 2.12. The van der Waals surface area contributed by atoms with Crippen LogP contribution in [0.25, 0.3) is 5.65 Å². The molecule has 1 unspecified atom stereocenters. The number of nitrogens with one attached hydrogen (secondary N) is 1. The fraction of sp³-hybridized carbons (Fsp3) is 0.467. The van der Waals surface area contributed by atoms with Gasteiger partial charge >= 0.3 is 5.97 Å². The lowest BCUT2D eigenvalue weighted by atomic mass is 10.0. The molecule has 0 radical (unpaired) electrons. The number of rotatable bonds is 6. The number of aliphatic carboxylic acids is 1. The highest BCUT2D eigenvalue weighted by molar-refractivity contribution is 5.73. The van der Waals surface area contributed by atoms with E-state index in [2.05, 4.69) is 10.3 Å². The number of carboxylic acids is 1. The van der Waals surface area contributed by atoms with Gasteiger partial charge in [-0.15, -0.1) is 0 Å². The summed E-state index contributed by atoms with van der Waals surface area (Å²) in [7, 11) is 0. The van der Waals surface area contributed by atoms with Gasteiger partial charge in [0.1, 0.15) is 11.7 Å². The zero-order valence-electron chi connectivity index (χ0n) is 12.1.